The van der Waals surface area contributed by atoms with Gasteiger partial charge in [0, 0.05) is 25.4 Å². The highest BCUT2D eigenvalue weighted by Crippen LogP contribution is 2.17. The minimum atomic E-state index is -0.827. The fourth-order valence-corrected chi connectivity index (χ4v) is 1.57. The Kier molecular flexibility index (Phi) is 4.09. The Bertz CT molecular complexity index is 577. The van der Waals surface area contributed by atoms with Crippen LogP contribution in [0.2, 0.25) is 0 Å². The van der Waals surface area contributed by atoms with Crippen LogP contribution in [0.1, 0.15) is 11.3 Å². The Morgan fingerprint density at radius 3 is 2.79 bits per heavy atom. The monoisotopic (exact) mass is 262 g/mol. The van der Waals surface area contributed by atoms with E-state index in [-0.39, 0.29) is 0 Å². The van der Waals surface area contributed by atoms with Crippen molar-refractivity contribution in [1.82, 2.24) is 15.3 Å². The van der Waals surface area contributed by atoms with Gasteiger partial charge in [-0.25, -0.2) is 9.97 Å². The summed E-state index contributed by atoms with van der Waals surface area (Å²) in [5.41, 5.74) is 0.939. The zero-order valence-electron chi connectivity index (χ0n) is 9.91. The van der Waals surface area contributed by atoms with Gasteiger partial charge in [-0.05, 0) is 17.7 Å². The van der Waals surface area contributed by atoms with E-state index in [2.05, 4.69) is 15.3 Å². The lowest BCUT2D eigenvalue weighted by molar-refractivity contribution is -0.387. The van der Waals surface area contributed by atoms with Crippen LogP contribution in [-0.2, 0) is 13.1 Å². The van der Waals surface area contributed by atoms with Gasteiger partial charge in [0.15, 0.2) is 0 Å². The van der Waals surface area contributed by atoms with Crippen molar-refractivity contribution < 1.29 is 9.31 Å². The molecule has 98 valence electrons. The first kappa shape index (κ1) is 13.0. The maximum atomic E-state index is 13.4. The third kappa shape index (κ3) is 3.52. The molecule has 7 heteroatoms. The number of benzene rings is 1. The molecule has 19 heavy (non-hydrogen) atoms. The number of nitro benzene ring substituents is 1. The second kappa shape index (κ2) is 5.96. The van der Waals surface area contributed by atoms with E-state index in [1.54, 1.807) is 12.3 Å². The van der Waals surface area contributed by atoms with Crippen LogP contribution in [0.15, 0.2) is 36.8 Å². The van der Waals surface area contributed by atoms with Gasteiger partial charge in [0.1, 0.15) is 6.33 Å². The summed E-state index contributed by atoms with van der Waals surface area (Å²) in [6, 6.07) is 5.61. The summed E-state index contributed by atoms with van der Waals surface area (Å²) in [5.74, 6) is -0.827. The lowest BCUT2D eigenvalue weighted by Gasteiger charge is -2.04. The van der Waals surface area contributed by atoms with E-state index >= 15 is 0 Å². The van der Waals surface area contributed by atoms with Crippen molar-refractivity contribution in [2.75, 3.05) is 0 Å². The third-order valence-corrected chi connectivity index (χ3v) is 2.49. The summed E-state index contributed by atoms with van der Waals surface area (Å²) in [5, 5.41) is 13.5. The molecule has 1 aromatic carbocycles. The maximum Gasteiger partial charge on any atom is 0.304 e. The molecular formula is C12H11FN4O2. The number of aromatic nitrogens is 2. The van der Waals surface area contributed by atoms with Gasteiger partial charge in [0.05, 0.1) is 10.6 Å². The second-order valence-corrected chi connectivity index (χ2v) is 3.85. The molecule has 0 saturated carbocycles. The van der Waals surface area contributed by atoms with Gasteiger partial charge in [-0.15, -0.1) is 0 Å². The van der Waals surface area contributed by atoms with Crippen molar-refractivity contribution in [3.8, 4) is 0 Å². The van der Waals surface area contributed by atoms with Crippen LogP contribution in [-0.4, -0.2) is 14.9 Å². The molecule has 0 saturated heterocycles. The van der Waals surface area contributed by atoms with E-state index in [9.17, 15) is 14.5 Å². The second-order valence-electron chi connectivity index (χ2n) is 3.85. The van der Waals surface area contributed by atoms with Crippen molar-refractivity contribution in [3.05, 3.63) is 64.0 Å². The maximum absolute atomic E-state index is 13.4. The first-order valence-electron chi connectivity index (χ1n) is 5.55. The van der Waals surface area contributed by atoms with Crippen LogP contribution in [0, 0.1) is 15.9 Å². The summed E-state index contributed by atoms with van der Waals surface area (Å²) in [6.45, 7) is 0.917. The predicted molar refractivity (Wildman–Crippen MR) is 65.6 cm³/mol. The van der Waals surface area contributed by atoms with Crippen LogP contribution in [0.4, 0.5) is 10.1 Å². The zero-order chi connectivity index (χ0) is 13.7. The summed E-state index contributed by atoms with van der Waals surface area (Å²) >= 11 is 0. The largest absolute Gasteiger partial charge is 0.307 e. The Morgan fingerprint density at radius 2 is 2.16 bits per heavy atom. The third-order valence-electron chi connectivity index (χ3n) is 2.49. The number of nitrogens with one attached hydrogen (secondary N) is 1. The Labute approximate surface area is 108 Å². The molecule has 0 unspecified atom stereocenters. The van der Waals surface area contributed by atoms with E-state index in [0.717, 1.165) is 17.8 Å². The summed E-state index contributed by atoms with van der Waals surface area (Å²) in [6.07, 6.45) is 3.08. The van der Waals surface area contributed by atoms with Crippen LogP contribution < -0.4 is 5.32 Å². The normalized spacial score (nSPS) is 10.4. The standard InChI is InChI=1S/C12H11FN4O2/c13-11-5-9(1-2-12(11)17(18)19)6-15-7-10-3-4-14-8-16-10/h1-5,8,15H,6-7H2. The van der Waals surface area contributed by atoms with Crippen molar-refractivity contribution >= 4 is 5.69 Å². The molecule has 0 fully saturated rings. The molecule has 2 rings (SSSR count). The minimum absolute atomic E-state index is 0.402. The van der Waals surface area contributed by atoms with E-state index < -0.39 is 16.4 Å². The number of hydrogen-bond donors (Lipinski definition) is 1. The van der Waals surface area contributed by atoms with Crippen LogP contribution in [0.5, 0.6) is 0 Å². The Hall–Kier alpha value is -2.41. The molecule has 6 nitrogen and oxygen atoms in total. The van der Waals surface area contributed by atoms with Crippen LogP contribution in [0.25, 0.3) is 0 Å². The van der Waals surface area contributed by atoms with Gasteiger partial charge < -0.3 is 5.32 Å². The summed E-state index contributed by atoms with van der Waals surface area (Å²) in [4.78, 5) is 17.6. The Balaban J connectivity index is 1.93. The molecule has 1 aromatic heterocycles. The first-order chi connectivity index (χ1) is 9.16. The topological polar surface area (TPSA) is 81.0 Å². The summed E-state index contributed by atoms with van der Waals surface area (Å²) < 4.78 is 13.4. The van der Waals surface area contributed by atoms with E-state index in [0.29, 0.717) is 18.7 Å². The lowest BCUT2D eigenvalue weighted by Crippen LogP contribution is -2.13. The molecule has 0 bridgehead atoms. The molecule has 0 spiro atoms. The zero-order valence-corrected chi connectivity index (χ0v) is 9.91. The molecule has 0 aliphatic rings. The minimum Gasteiger partial charge on any atom is -0.307 e. The van der Waals surface area contributed by atoms with Crippen molar-refractivity contribution in [2.45, 2.75) is 13.1 Å². The molecular weight excluding hydrogens is 251 g/mol. The number of halogens is 1. The number of hydrogen-bond acceptors (Lipinski definition) is 5. The first-order valence-corrected chi connectivity index (χ1v) is 5.55. The number of nitro groups is 1. The van der Waals surface area contributed by atoms with Gasteiger partial charge in [-0.3, -0.25) is 10.1 Å². The van der Waals surface area contributed by atoms with Crippen molar-refractivity contribution in [2.24, 2.45) is 0 Å². The van der Waals surface area contributed by atoms with E-state index in [1.165, 1.54) is 12.4 Å². The van der Waals surface area contributed by atoms with Gasteiger partial charge in [-0.2, -0.15) is 4.39 Å². The quantitative estimate of drug-likeness (QED) is 0.656. The predicted octanol–water partition coefficient (Wildman–Crippen LogP) is 1.81. The smallest absolute Gasteiger partial charge is 0.304 e. The van der Waals surface area contributed by atoms with Gasteiger partial charge in [0.25, 0.3) is 0 Å². The molecule has 2 aromatic rings. The molecule has 1 N–H and O–H groups in total. The van der Waals surface area contributed by atoms with Gasteiger partial charge >= 0.3 is 5.69 Å². The molecule has 0 aliphatic carbocycles. The van der Waals surface area contributed by atoms with Crippen LogP contribution >= 0.6 is 0 Å². The highest BCUT2D eigenvalue weighted by Gasteiger charge is 2.13. The molecule has 0 aliphatic heterocycles. The average molecular weight is 262 g/mol. The highest BCUT2D eigenvalue weighted by atomic mass is 19.1. The fraction of sp³-hybridized carbons (Fsp3) is 0.167. The van der Waals surface area contributed by atoms with Gasteiger partial charge in [0.2, 0.25) is 5.82 Å². The SMILES string of the molecule is O=[N+]([O-])c1ccc(CNCc2ccncn2)cc1F. The number of nitrogens with zero attached hydrogens (tertiary/aromatic N) is 3. The average Bonchev–Trinajstić information content (AvgIpc) is 2.39. The fourth-order valence-electron chi connectivity index (χ4n) is 1.57. The highest BCUT2D eigenvalue weighted by molar-refractivity contribution is 5.34. The van der Waals surface area contributed by atoms with E-state index in [1.807, 2.05) is 0 Å². The van der Waals surface area contributed by atoms with Crippen LogP contribution in [0.3, 0.4) is 0 Å². The van der Waals surface area contributed by atoms with Gasteiger partial charge in [-0.1, -0.05) is 6.07 Å². The molecule has 1 heterocycles. The Morgan fingerprint density at radius 1 is 1.32 bits per heavy atom. The lowest BCUT2D eigenvalue weighted by atomic mass is 10.2. The summed E-state index contributed by atoms with van der Waals surface area (Å²) in [7, 11) is 0. The van der Waals surface area contributed by atoms with E-state index in [4.69, 9.17) is 0 Å². The molecule has 0 amide bonds. The molecule has 0 atom stereocenters. The van der Waals surface area contributed by atoms with Crippen molar-refractivity contribution in [3.63, 3.8) is 0 Å². The van der Waals surface area contributed by atoms with Crippen molar-refractivity contribution in [1.29, 1.82) is 0 Å². The number of rotatable bonds is 5. The molecule has 0 radical (unpaired) electrons.